The molecule has 4 rings (SSSR count). The molecule has 2 aromatic rings. The van der Waals surface area contributed by atoms with Gasteiger partial charge in [-0.25, -0.2) is 13.4 Å². The molecular weight excluding hydrogens is 410 g/mol. The van der Waals surface area contributed by atoms with Crippen LogP contribution in [0, 0.1) is 5.92 Å². The summed E-state index contributed by atoms with van der Waals surface area (Å²) in [6.07, 6.45) is 5.09. The predicted molar refractivity (Wildman–Crippen MR) is 112 cm³/mol. The van der Waals surface area contributed by atoms with E-state index in [4.69, 9.17) is 4.42 Å². The van der Waals surface area contributed by atoms with Crippen molar-refractivity contribution in [3.05, 3.63) is 18.2 Å². The number of hydrogen-bond acceptors (Lipinski definition) is 6. The Morgan fingerprint density at radius 1 is 1.21 bits per heavy atom. The Morgan fingerprint density at radius 3 is 2.76 bits per heavy atom. The molecular formula is C20H27N3O4S2. The maximum Gasteiger partial charge on any atom is 0.257 e. The molecule has 0 N–H and O–H groups in total. The first-order valence-electron chi connectivity index (χ1n) is 10.2. The topological polar surface area (TPSA) is 83.7 Å². The van der Waals surface area contributed by atoms with Crippen LogP contribution in [0.2, 0.25) is 0 Å². The van der Waals surface area contributed by atoms with Crippen LogP contribution in [-0.4, -0.2) is 60.4 Å². The van der Waals surface area contributed by atoms with Crippen LogP contribution in [0.4, 0.5) is 0 Å². The molecule has 2 fully saturated rings. The highest BCUT2D eigenvalue weighted by molar-refractivity contribution is 7.99. The number of piperidine rings is 2. The number of likely N-dealkylation sites (tertiary alicyclic amines) is 1. The molecule has 1 amide bonds. The number of hydrogen-bond donors (Lipinski definition) is 0. The summed E-state index contributed by atoms with van der Waals surface area (Å²) in [6, 6.07) is 4.80. The molecule has 0 spiro atoms. The minimum Gasteiger partial charge on any atom is -0.431 e. The van der Waals surface area contributed by atoms with E-state index in [1.165, 1.54) is 18.2 Å². The highest BCUT2D eigenvalue weighted by atomic mass is 32.2. The lowest BCUT2D eigenvalue weighted by Crippen LogP contribution is -2.40. The fourth-order valence-corrected chi connectivity index (χ4v) is 6.27. The molecule has 9 heteroatoms. The van der Waals surface area contributed by atoms with Gasteiger partial charge >= 0.3 is 0 Å². The zero-order valence-electron chi connectivity index (χ0n) is 16.7. The van der Waals surface area contributed by atoms with Crippen molar-refractivity contribution >= 4 is 38.8 Å². The van der Waals surface area contributed by atoms with E-state index in [2.05, 4.69) is 11.9 Å². The van der Waals surface area contributed by atoms with E-state index in [0.29, 0.717) is 35.3 Å². The Balaban J connectivity index is 1.45. The minimum absolute atomic E-state index is 0.0946. The number of thioether (sulfide) groups is 1. The number of oxazole rings is 1. The third-order valence-electron chi connectivity index (χ3n) is 5.62. The van der Waals surface area contributed by atoms with Gasteiger partial charge in [0.2, 0.25) is 15.9 Å². The second-order valence-electron chi connectivity index (χ2n) is 7.95. The molecule has 158 valence electrons. The van der Waals surface area contributed by atoms with Gasteiger partial charge in [-0.2, -0.15) is 4.31 Å². The SMILES string of the molecule is C[C@@H]1CCCN(C(=O)CSc2nc3cc(S(=O)(=O)N4CCCCC4)ccc3o2)C1. The van der Waals surface area contributed by atoms with E-state index < -0.39 is 10.0 Å². The minimum atomic E-state index is -3.51. The average Bonchev–Trinajstić information content (AvgIpc) is 3.15. The van der Waals surface area contributed by atoms with E-state index >= 15 is 0 Å². The van der Waals surface area contributed by atoms with Crippen LogP contribution in [0.25, 0.3) is 11.1 Å². The second-order valence-corrected chi connectivity index (χ2v) is 10.8. The standard InChI is InChI=1S/C20H27N3O4S2/c1-15-6-5-9-22(13-15)19(24)14-28-20-21-17-12-16(7-8-18(17)27-20)29(25,26)23-10-3-2-4-11-23/h7-8,12,15H,2-6,9-11,13-14H2,1H3/t15-/m1/s1. The van der Waals surface area contributed by atoms with Gasteiger partial charge in [0.15, 0.2) is 5.58 Å². The fourth-order valence-electron chi connectivity index (χ4n) is 3.99. The first kappa shape index (κ1) is 20.7. The zero-order valence-corrected chi connectivity index (χ0v) is 18.3. The van der Waals surface area contributed by atoms with Crippen LogP contribution < -0.4 is 0 Å². The molecule has 2 aliphatic rings. The van der Waals surface area contributed by atoms with E-state index in [9.17, 15) is 13.2 Å². The molecule has 1 atom stereocenters. The van der Waals surface area contributed by atoms with Crippen LogP contribution in [0.15, 0.2) is 32.7 Å². The molecule has 0 bridgehead atoms. The van der Waals surface area contributed by atoms with E-state index in [-0.39, 0.29) is 16.6 Å². The number of fused-ring (bicyclic) bond motifs is 1. The van der Waals surface area contributed by atoms with E-state index in [1.807, 2.05) is 4.90 Å². The summed E-state index contributed by atoms with van der Waals surface area (Å²) in [5, 5.41) is 0.394. The summed E-state index contributed by atoms with van der Waals surface area (Å²) < 4.78 is 33.0. The van der Waals surface area contributed by atoms with Gasteiger partial charge in [-0.1, -0.05) is 25.1 Å². The molecule has 1 aromatic carbocycles. The van der Waals surface area contributed by atoms with E-state index in [0.717, 1.165) is 38.8 Å². The molecule has 0 radical (unpaired) electrons. The van der Waals surface area contributed by atoms with Crippen molar-refractivity contribution in [2.75, 3.05) is 31.9 Å². The van der Waals surface area contributed by atoms with Crippen LogP contribution >= 0.6 is 11.8 Å². The quantitative estimate of drug-likeness (QED) is 0.667. The normalized spacial score (nSPS) is 21.6. The molecule has 1 aromatic heterocycles. The largest absolute Gasteiger partial charge is 0.431 e. The molecule has 2 aliphatic heterocycles. The number of aromatic nitrogens is 1. The Labute approximate surface area is 175 Å². The first-order valence-corrected chi connectivity index (χ1v) is 12.7. The van der Waals surface area contributed by atoms with Crippen LogP contribution in [0.1, 0.15) is 39.0 Å². The van der Waals surface area contributed by atoms with Gasteiger partial charge in [-0.15, -0.1) is 0 Å². The number of rotatable bonds is 5. The zero-order chi connectivity index (χ0) is 20.4. The summed E-state index contributed by atoms with van der Waals surface area (Å²) in [7, 11) is -3.51. The van der Waals surface area contributed by atoms with Gasteiger partial charge < -0.3 is 9.32 Å². The lowest BCUT2D eigenvalue weighted by atomic mass is 10.0. The number of carbonyl (C=O) groups is 1. The van der Waals surface area contributed by atoms with Gasteiger partial charge in [-0.05, 0) is 49.8 Å². The Morgan fingerprint density at radius 2 is 2.00 bits per heavy atom. The number of sulfonamides is 1. The van der Waals surface area contributed by atoms with Crippen molar-refractivity contribution in [3.8, 4) is 0 Å². The van der Waals surface area contributed by atoms with Gasteiger partial charge in [0.05, 0.1) is 10.6 Å². The Hall–Kier alpha value is -1.58. The molecule has 29 heavy (non-hydrogen) atoms. The molecule has 2 saturated heterocycles. The number of carbonyl (C=O) groups excluding carboxylic acids is 1. The first-order chi connectivity index (χ1) is 13.9. The molecule has 7 nitrogen and oxygen atoms in total. The monoisotopic (exact) mass is 437 g/mol. The van der Waals surface area contributed by atoms with Crippen molar-refractivity contribution in [1.29, 1.82) is 0 Å². The van der Waals surface area contributed by atoms with Crippen molar-refractivity contribution in [3.63, 3.8) is 0 Å². The van der Waals surface area contributed by atoms with E-state index in [1.54, 1.807) is 22.5 Å². The Kier molecular flexibility index (Phi) is 6.17. The fraction of sp³-hybridized carbons (Fsp3) is 0.600. The number of amides is 1. The smallest absolute Gasteiger partial charge is 0.257 e. The lowest BCUT2D eigenvalue weighted by Gasteiger charge is -2.30. The van der Waals surface area contributed by atoms with Gasteiger partial charge in [-0.3, -0.25) is 4.79 Å². The Bertz CT molecular complexity index is 983. The third kappa shape index (κ3) is 4.62. The van der Waals surface area contributed by atoms with Gasteiger partial charge in [0.25, 0.3) is 5.22 Å². The molecule has 0 unspecified atom stereocenters. The maximum atomic E-state index is 12.9. The van der Waals surface area contributed by atoms with Gasteiger partial charge in [0, 0.05) is 26.2 Å². The molecule has 3 heterocycles. The van der Waals surface area contributed by atoms with Crippen LogP contribution in [-0.2, 0) is 14.8 Å². The highest BCUT2D eigenvalue weighted by Crippen LogP contribution is 2.28. The van der Waals surface area contributed by atoms with Crippen molar-refractivity contribution in [2.45, 2.75) is 49.1 Å². The molecule has 0 aliphatic carbocycles. The number of benzene rings is 1. The summed E-state index contributed by atoms with van der Waals surface area (Å²) in [5.41, 5.74) is 1.04. The lowest BCUT2D eigenvalue weighted by molar-refractivity contribution is -0.130. The average molecular weight is 438 g/mol. The molecule has 0 saturated carbocycles. The van der Waals surface area contributed by atoms with Crippen molar-refractivity contribution in [1.82, 2.24) is 14.2 Å². The maximum absolute atomic E-state index is 12.9. The number of nitrogens with zero attached hydrogens (tertiary/aromatic N) is 3. The second kappa shape index (κ2) is 8.65. The van der Waals surface area contributed by atoms with Crippen LogP contribution in [0.3, 0.4) is 0 Å². The van der Waals surface area contributed by atoms with Crippen molar-refractivity contribution < 1.29 is 17.6 Å². The summed E-state index contributed by atoms with van der Waals surface area (Å²) in [6.45, 7) is 4.93. The third-order valence-corrected chi connectivity index (χ3v) is 8.33. The highest BCUT2D eigenvalue weighted by Gasteiger charge is 2.27. The summed E-state index contributed by atoms with van der Waals surface area (Å²) in [5.74, 6) is 0.915. The van der Waals surface area contributed by atoms with Crippen molar-refractivity contribution in [2.24, 2.45) is 5.92 Å². The van der Waals surface area contributed by atoms with Gasteiger partial charge in [0.1, 0.15) is 5.52 Å². The summed E-state index contributed by atoms with van der Waals surface area (Å²) >= 11 is 1.26. The van der Waals surface area contributed by atoms with Crippen LogP contribution in [0.5, 0.6) is 0 Å². The summed E-state index contributed by atoms with van der Waals surface area (Å²) in [4.78, 5) is 19.0. The predicted octanol–water partition coefficient (Wildman–Crippen LogP) is 3.35.